The van der Waals surface area contributed by atoms with Crippen LogP contribution < -0.4 is 9.47 Å². The van der Waals surface area contributed by atoms with Crippen LogP contribution in [-0.4, -0.2) is 18.8 Å². The van der Waals surface area contributed by atoms with Crippen LogP contribution in [0, 0.1) is 17.2 Å². The lowest BCUT2D eigenvalue weighted by atomic mass is 9.86. The van der Waals surface area contributed by atoms with Crippen molar-refractivity contribution in [2.45, 2.75) is 31.8 Å². The van der Waals surface area contributed by atoms with Crippen molar-refractivity contribution in [3.8, 4) is 17.6 Å². The smallest absolute Gasteiger partial charge is 0.161 e. The van der Waals surface area contributed by atoms with Gasteiger partial charge in [0.1, 0.15) is 0 Å². The molecule has 1 atom stereocenters. The molecule has 2 rings (SSSR count). The van der Waals surface area contributed by atoms with Gasteiger partial charge in [0.05, 0.1) is 32.3 Å². The molecule has 0 bridgehead atoms. The molecule has 1 fully saturated rings. The minimum absolute atomic E-state index is 0.0778. The van der Waals surface area contributed by atoms with Gasteiger partial charge >= 0.3 is 0 Å². The van der Waals surface area contributed by atoms with E-state index >= 15 is 0 Å². The highest BCUT2D eigenvalue weighted by molar-refractivity contribution is 5.43. The van der Waals surface area contributed by atoms with Gasteiger partial charge in [0, 0.05) is 0 Å². The summed E-state index contributed by atoms with van der Waals surface area (Å²) in [4.78, 5) is 0. The molecular formula is C15H19NO3. The van der Waals surface area contributed by atoms with Crippen LogP contribution in [-0.2, 0) is 0 Å². The van der Waals surface area contributed by atoms with Gasteiger partial charge < -0.3 is 14.6 Å². The first-order valence-corrected chi connectivity index (χ1v) is 6.60. The quantitative estimate of drug-likeness (QED) is 0.855. The fraction of sp³-hybridized carbons (Fsp3) is 0.533. The lowest BCUT2D eigenvalue weighted by Crippen LogP contribution is -2.19. The minimum Gasteiger partial charge on any atom is -0.493 e. The molecule has 1 N–H and O–H groups in total. The van der Waals surface area contributed by atoms with E-state index in [2.05, 4.69) is 0 Å². The number of rotatable bonds is 6. The first-order valence-electron chi connectivity index (χ1n) is 6.60. The standard InChI is InChI=1S/C15H19NO3/c1-18-14-6-5-12(13(17)7-8-16)9-15(14)19-10-11-3-2-4-11/h5-6,9,11,13,17H,2-4,7,10H2,1H3. The topological polar surface area (TPSA) is 62.5 Å². The second-order valence-corrected chi connectivity index (χ2v) is 4.90. The Morgan fingerprint density at radius 3 is 2.79 bits per heavy atom. The summed E-state index contributed by atoms with van der Waals surface area (Å²) in [5.74, 6) is 1.94. The van der Waals surface area contributed by atoms with Gasteiger partial charge in [-0.25, -0.2) is 0 Å². The summed E-state index contributed by atoms with van der Waals surface area (Å²) in [5.41, 5.74) is 0.686. The van der Waals surface area contributed by atoms with Crippen molar-refractivity contribution in [1.82, 2.24) is 0 Å². The molecule has 102 valence electrons. The Bertz CT molecular complexity index is 463. The van der Waals surface area contributed by atoms with Crippen LogP contribution in [0.15, 0.2) is 18.2 Å². The molecule has 4 nitrogen and oxygen atoms in total. The minimum atomic E-state index is -0.776. The second kappa shape index (κ2) is 6.44. The van der Waals surface area contributed by atoms with Gasteiger partial charge in [-0.05, 0) is 36.5 Å². The SMILES string of the molecule is COc1ccc(C(O)CC#N)cc1OCC1CCC1. The first-order chi connectivity index (χ1) is 9.24. The molecule has 1 saturated carbocycles. The largest absolute Gasteiger partial charge is 0.493 e. The zero-order chi connectivity index (χ0) is 13.7. The number of methoxy groups -OCH3 is 1. The van der Waals surface area contributed by atoms with Crippen molar-refractivity contribution < 1.29 is 14.6 Å². The number of hydrogen-bond donors (Lipinski definition) is 1. The van der Waals surface area contributed by atoms with Crippen molar-refractivity contribution in [3.05, 3.63) is 23.8 Å². The highest BCUT2D eigenvalue weighted by Crippen LogP contribution is 2.33. The third-order valence-electron chi connectivity index (χ3n) is 3.56. The van der Waals surface area contributed by atoms with Gasteiger partial charge in [-0.1, -0.05) is 12.5 Å². The molecule has 1 aromatic rings. The summed E-state index contributed by atoms with van der Waals surface area (Å²) >= 11 is 0. The van der Waals surface area contributed by atoms with Crippen LogP contribution >= 0.6 is 0 Å². The first kappa shape index (κ1) is 13.7. The number of aliphatic hydroxyl groups is 1. The molecule has 1 aliphatic carbocycles. The molecule has 4 heteroatoms. The summed E-state index contributed by atoms with van der Waals surface area (Å²) in [6.45, 7) is 0.689. The molecular weight excluding hydrogens is 242 g/mol. The predicted molar refractivity (Wildman–Crippen MR) is 71.0 cm³/mol. The average Bonchev–Trinajstić information content (AvgIpc) is 2.37. The number of nitriles is 1. The molecule has 0 radical (unpaired) electrons. The van der Waals surface area contributed by atoms with Gasteiger partial charge in [-0.15, -0.1) is 0 Å². The summed E-state index contributed by atoms with van der Waals surface area (Å²) in [6.07, 6.45) is 3.03. The summed E-state index contributed by atoms with van der Waals surface area (Å²) < 4.78 is 11.0. The van der Waals surface area contributed by atoms with Crippen LogP contribution in [0.1, 0.15) is 37.4 Å². The van der Waals surface area contributed by atoms with E-state index in [1.54, 1.807) is 25.3 Å². The van der Waals surface area contributed by atoms with Crippen LogP contribution in [0.2, 0.25) is 0 Å². The number of ether oxygens (including phenoxy) is 2. The maximum Gasteiger partial charge on any atom is 0.161 e. The normalized spacial score (nSPS) is 16.3. The van der Waals surface area contributed by atoms with E-state index in [-0.39, 0.29) is 6.42 Å². The van der Waals surface area contributed by atoms with Gasteiger partial charge in [0.2, 0.25) is 0 Å². The molecule has 1 aliphatic rings. The zero-order valence-electron chi connectivity index (χ0n) is 11.1. The number of aliphatic hydroxyl groups excluding tert-OH is 1. The fourth-order valence-corrected chi connectivity index (χ4v) is 2.08. The maximum atomic E-state index is 9.82. The molecule has 0 saturated heterocycles. The molecule has 0 aliphatic heterocycles. The third-order valence-corrected chi connectivity index (χ3v) is 3.56. The third kappa shape index (κ3) is 3.39. The number of hydrogen-bond acceptors (Lipinski definition) is 4. The summed E-state index contributed by atoms with van der Waals surface area (Å²) in [6, 6.07) is 7.25. The Labute approximate surface area is 113 Å². The Hall–Kier alpha value is -1.73. The van der Waals surface area contributed by atoms with E-state index in [9.17, 15) is 5.11 Å². The van der Waals surface area contributed by atoms with Crippen LogP contribution in [0.3, 0.4) is 0 Å². The van der Waals surface area contributed by atoms with Crippen molar-refractivity contribution >= 4 is 0 Å². The molecule has 0 aromatic heterocycles. The van der Waals surface area contributed by atoms with E-state index in [0.29, 0.717) is 29.6 Å². The molecule has 0 heterocycles. The maximum absolute atomic E-state index is 9.82. The second-order valence-electron chi connectivity index (χ2n) is 4.90. The Morgan fingerprint density at radius 1 is 1.42 bits per heavy atom. The molecule has 1 aromatic carbocycles. The van der Waals surface area contributed by atoms with E-state index < -0.39 is 6.10 Å². The molecule has 0 amide bonds. The van der Waals surface area contributed by atoms with E-state index in [0.717, 1.165) is 0 Å². The van der Waals surface area contributed by atoms with Gasteiger partial charge in [-0.2, -0.15) is 5.26 Å². The van der Waals surface area contributed by atoms with Gasteiger partial charge in [0.15, 0.2) is 11.5 Å². The van der Waals surface area contributed by atoms with Crippen LogP contribution in [0.5, 0.6) is 11.5 Å². The fourth-order valence-electron chi connectivity index (χ4n) is 2.08. The summed E-state index contributed by atoms with van der Waals surface area (Å²) in [5, 5.41) is 18.4. The van der Waals surface area contributed by atoms with Crippen LogP contribution in [0.25, 0.3) is 0 Å². The highest BCUT2D eigenvalue weighted by Gasteiger charge is 2.19. The van der Waals surface area contributed by atoms with Crippen LogP contribution in [0.4, 0.5) is 0 Å². The number of benzene rings is 1. The summed E-state index contributed by atoms with van der Waals surface area (Å²) in [7, 11) is 1.59. The Balaban J connectivity index is 2.08. The van der Waals surface area contributed by atoms with Crippen molar-refractivity contribution in [2.75, 3.05) is 13.7 Å². The highest BCUT2D eigenvalue weighted by atomic mass is 16.5. The number of nitrogens with zero attached hydrogens (tertiary/aromatic N) is 1. The zero-order valence-corrected chi connectivity index (χ0v) is 11.1. The van der Waals surface area contributed by atoms with E-state index in [4.69, 9.17) is 14.7 Å². The van der Waals surface area contributed by atoms with E-state index in [1.165, 1.54) is 19.3 Å². The molecule has 0 spiro atoms. The van der Waals surface area contributed by atoms with Crippen molar-refractivity contribution in [2.24, 2.45) is 5.92 Å². The Kier molecular flexibility index (Phi) is 4.64. The lowest BCUT2D eigenvalue weighted by molar-refractivity contribution is 0.171. The predicted octanol–water partition coefficient (Wildman–Crippen LogP) is 2.82. The van der Waals surface area contributed by atoms with Crippen molar-refractivity contribution in [3.63, 3.8) is 0 Å². The average molecular weight is 261 g/mol. The monoisotopic (exact) mass is 261 g/mol. The molecule has 19 heavy (non-hydrogen) atoms. The van der Waals surface area contributed by atoms with Gasteiger partial charge in [-0.3, -0.25) is 0 Å². The Morgan fingerprint density at radius 2 is 2.21 bits per heavy atom. The van der Waals surface area contributed by atoms with Gasteiger partial charge in [0.25, 0.3) is 0 Å². The molecule has 1 unspecified atom stereocenters. The van der Waals surface area contributed by atoms with E-state index in [1.807, 2.05) is 6.07 Å². The lowest BCUT2D eigenvalue weighted by Gasteiger charge is -2.25. The van der Waals surface area contributed by atoms with Crippen molar-refractivity contribution in [1.29, 1.82) is 5.26 Å².